The van der Waals surface area contributed by atoms with Gasteiger partial charge in [0, 0.05) is 18.5 Å². The first-order chi connectivity index (χ1) is 7.98. The Morgan fingerprint density at radius 1 is 1.29 bits per heavy atom. The van der Waals surface area contributed by atoms with E-state index in [1.165, 1.54) is 12.1 Å². The second-order valence-corrected chi connectivity index (χ2v) is 4.97. The van der Waals surface area contributed by atoms with Gasteiger partial charge in [-0.05, 0) is 37.3 Å². The average molecular weight is 241 g/mol. The molecule has 0 aromatic heterocycles. The number of nitrogens with two attached hydrogens (primary N) is 1. The highest BCUT2D eigenvalue weighted by atomic mass is 19.1. The summed E-state index contributed by atoms with van der Waals surface area (Å²) in [5.74, 6) is -1.18. The molecule has 0 heterocycles. The highest BCUT2D eigenvalue weighted by Gasteiger charge is 2.32. The number of halogens is 2. The largest absolute Gasteiger partial charge is 0.390 e. The van der Waals surface area contributed by atoms with Gasteiger partial charge in [0.1, 0.15) is 11.6 Å². The van der Waals surface area contributed by atoms with Crippen molar-refractivity contribution >= 4 is 0 Å². The van der Waals surface area contributed by atoms with Crippen LogP contribution in [-0.2, 0) is 6.42 Å². The number of aliphatic hydroxyl groups is 1. The lowest BCUT2D eigenvalue weighted by atomic mass is 9.79. The SMILES string of the molecule is NC1CCC(O)(Cc2ccc(F)cc2F)CC1. The lowest BCUT2D eigenvalue weighted by Gasteiger charge is -2.35. The van der Waals surface area contributed by atoms with Crippen LogP contribution in [0.1, 0.15) is 31.2 Å². The van der Waals surface area contributed by atoms with E-state index in [1.807, 2.05) is 0 Å². The summed E-state index contributed by atoms with van der Waals surface area (Å²) in [5.41, 5.74) is 5.24. The summed E-state index contributed by atoms with van der Waals surface area (Å²) in [6, 6.07) is 3.61. The van der Waals surface area contributed by atoms with E-state index in [9.17, 15) is 13.9 Å². The van der Waals surface area contributed by atoms with Crippen molar-refractivity contribution in [1.29, 1.82) is 0 Å². The molecule has 1 aromatic rings. The van der Waals surface area contributed by atoms with Gasteiger partial charge in [0.25, 0.3) is 0 Å². The predicted molar refractivity (Wildman–Crippen MR) is 61.5 cm³/mol. The quantitative estimate of drug-likeness (QED) is 0.833. The van der Waals surface area contributed by atoms with E-state index in [0.29, 0.717) is 18.4 Å². The molecule has 17 heavy (non-hydrogen) atoms. The number of benzene rings is 1. The van der Waals surface area contributed by atoms with Gasteiger partial charge in [0.2, 0.25) is 0 Å². The van der Waals surface area contributed by atoms with Crippen LogP contribution in [0.15, 0.2) is 18.2 Å². The predicted octanol–water partition coefficient (Wildman–Crippen LogP) is 2.14. The molecule has 1 aliphatic carbocycles. The molecule has 1 saturated carbocycles. The first-order valence-corrected chi connectivity index (χ1v) is 5.90. The molecular formula is C13H17F2NO. The Morgan fingerprint density at radius 2 is 1.94 bits per heavy atom. The molecule has 1 aromatic carbocycles. The van der Waals surface area contributed by atoms with Crippen molar-refractivity contribution in [3.63, 3.8) is 0 Å². The van der Waals surface area contributed by atoms with Gasteiger partial charge in [-0.15, -0.1) is 0 Å². The maximum atomic E-state index is 13.5. The van der Waals surface area contributed by atoms with Gasteiger partial charge in [-0.3, -0.25) is 0 Å². The van der Waals surface area contributed by atoms with Crippen LogP contribution in [0, 0.1) is 11.6 Å². The standard InChI is InChI=1S/C13H17F2NO/c14-10-2-1-9(12(15)7-10)8-13(17)5-3-11(16)4-6-13/h1-2,7,11,17H,3-6,8,16H2. The summed E-state index contributed by atoms with van der Waals surface area (Å²) in [6.45, 7) is 0. The van der Waals surface area contributed by atoms with Crippen LogP contribution in [0.3, 0.4) is 0 Å². The number of hydrogen-bond acceptors (Lipinski definition) is 2. The second kappa shape index (κ2) is 4.70. The molecule has 0 spiro atoms. The first-order valence-electron chi connectivity index (χ1n) is 5.90. The van der Waals surface area contributed by atoms with Crippen molar-refractivity contribution in [3.05, 3.63) is 35.4 Å². The van der Waals surface area contributed by atoms with Crippen LogP contribution in [-0.4, -0.2) is 16.7 Å². The Hall–Kier alpha value is -1.00. The summed E-state index contributed by atoms with van der Waals surface area (Å²) in [4.78, 5) is 0. The third-order valence-electron chi connectivity index (χ3n) is 3.50. The second-order valence-electron chi connectivity index (χ2n) is 4.97. The molecule has 0 unspecified atom stereocenters. The summed E-state index contributed by atoms with van der Waals surface area (Å²) >= 11 is 0. The van der Waals surface area contributed by atoms with Crippen LogP contribution in [0.5, 0.6) is 0 Å². The van der Waals surface area contributed by atoms with Crippen LogP contribution >= 0.6 is 0 Å². The monoisotopic (exact) mass is 241 g/mol. The fourth-order valence-electron chi connectivity index (χ4n) is 2.37. The Balaban J connectivity index is 2.09. The third kappa shape index (κ3) is 3.01. The van der Waals surface area contributed by atoms with E-state index in [2.05, 4.69) is 0 Å². The van der Waals surface area contributed by atoms with E-state index in [-0.39, 0.29) is 12.5 Å². The maximum Gasteiger partial charge on any atom is 0.129 e. The van der Waals surface area contributed by atoms with E-state index >= 15 is 0 Å². The zero-order chi connectivity index (χ0) is 12.5. The van der Waals surface area contributed by atoms with E-state index in [0.717, 1.165) is 18.9 Å². The van der Waals surface area contributed by atoms with E-state index in [1.54, 1.807) is 0 Å². The van der Waals surface area contributed by atoms with Gasteiger partial charge < -0.3 is 10.8 Å². The van der Waals surface area contributed by atoms with Gasteiger partial charge >= 0.3 is 0 Å². The van der Waals surface area contributed by atoms with Gasteiger partial charge in [0.15, 0.2) is 0 Å². The molecule has 0 amide bonds. The Bertz CT molecular complexity index is 400. The maximum absolute atomic E-state index is 13.5. The highest BCUT2D eigenvalue weighted by molar-refractivity contribution is 5.20. The van der Waals surface area contributed by atoms with Crippen molar-refractivity contribution in [1.82, 2.24) is 0 Å². The third-order valence-corrected chi connectivity index (χ3v) is 3.50. The first kappa shape index (κ1) is 12.5. The minimum Gasteiger partial charge on any atom is -0.390 e. The molecule has 0 aliphatic heterocycles. The van der Waals surface area contributed by atoms with E-state index < -0.39 is 17.2 Å². The molecule has 0 bridgehead atoms. The molecule has 2 rings (SSSR count). The molecule has 1 aliphatic rings. The molecule has 2 nitrogen and oxygen atoms in total. The smallest absolute Gasteiger partial charge is 0.129 e. The zero-order valence-corrected chi connectivity index (χ0v) is 9.63. The summed E-state index contributed by atoms with van der Waals surface area (Å²) in [7, 11) is 0. The Kier molecular flexibility index (Phi) is 3.45. The Morgan fingerprint density at radius 3 is 2.53 bits per heavy atom. The molecule has 94 valence electrons. The molecular weight excluding hydrogens is 224 g/mol. The van der Waals surface area contributed by atoms with Crippen molar-refractivity contribution in [2.75, 3.05) is 0 Å². The van der Waals surface area contributed by atoms with Gasteiger partial charge in [-0.2, -0.15) is 0 Å². The summed E-state index contributed by atoms with van der Waals surface area (Å²) in [5, 5.41) is 10.3. The van der Waals surface area contributed by atoms with Gasteiger partial charge in [-0.1, -0.05) is 6.07 Å². The van der Waals surface area contributed by atoms with Crippen molar-refractivity contribution in [2.45, 2.75) is 43.7 Å². The number of hydrogen-bond donors (Lipinski definition) is 2. The molecule has 4 heteroatoms. The fraction of sp³-hybridized carbons (Fsp3) is 0.538. The topological polar surface area (TPSA) is 46.2 Å². The van der Waals surface area contributed by atoms with Gasteiger partial charge in [0.05, 0.1) is 5.60 Å². The Labute approximate surface area is 99.4 Å². The van der Waals surface area contributed by atoms with Gasteiger partial charge in [-0.25, -0.2) is 8.78 Å². The van der Waals surface area contributed by atoms with Crippen LogP contribution < -0.4 is 5.73 Å². The molecule has 1 fully saturated rings. The van der Waals surface area contributed by atoms with Crippen molar-refractivity contribution in [3.8, 4) is 0 Å². The lowest BCUT2D eigenvalue weighted by molar-refractivity contribution is -0.000478. The van der Waals surface area contributed by atoms with Crippen LogP contribution in [0.4, 0.5) is 8.78 Å². The zero-order valence-electron chi connectivity index (χ0n) is 9.63. The van der Waals surface area contributed by atoms with Crippen LogP contribution in [0.25, 0.3) is 0 Å². The summed E-state index contributed by atoms with van der Waals surface area (Å²) < 4.78 is 26.2. The highest BCUT2D eigenvalue weighted by Crippen LogP contribution is 2.31. The molecule has 0 saturated heterocycles. The van der Waals surface area contributed by atoms with E-state index in [4.69, 9.17) is 5.73 Å². The normalized spacial score (nSPS) is 29.3. The van der Waals surface area contributed by atoms with Crippen molar-refractivity contribution in [2.24, 2.45) is 5.73 Å². The minimum absolute atomic E-state index is 0.133. The van der Waals surface area contributed by atoms with Crippen LogP contribution in [0.2, 0.25) is 0 Å². The minimum atomic E-state index is -0.894. The number of rotatable bonds is 2. The lowest BCUT2D eigenvalue weighted by Crippen LogP contribution is -2.40. The molecule has 0 atom stereocenters. The van der Waals surface area contributed by atoms with Crippen molar-refractivity contribution < 1.29 is 13.9 Å². The average Bonchev–Trinajstić information content (AvgIpc) is 2.27. The molecule has 3 N–H and O–H groups in total. The fourth-order valence-corrected chi connectivity index (χ4v) is 2.37. The summed E-state index contributed by atoms with van der Waals surface area (Å²) in [6.07, 6.45) is 2.88. The molecule has 0 radical (unpaired) electrons.